The van der Waals surface area contributed by atoms with Crippen molar-refractivity contribution in [1.29, 1.82) is 0 Å². The number of halogens is 1. The number of hydrogen-bond donors (Lipinski definition) is 3. The van der Waals surface area contributed by atoms with Crippen molar-refractivity contribution in [2.45, 2.75) is 59.1 Å². The average molecular weight is 580 g/mol. The molecule has 1 atom stereocenters. The van der Waals surface area contributed by atoms with Gasteiger partial charge in [-0.15, -0.1) is 0 Å². The second-order valence-electron chi connectivity index (χ2n) is 12.5. The van der Waals surface area contributed by atoms with E-state index in [1.807, 2.05) is 20.8 Å². The summed E-state index contributed by atoms with van der Waals surface area (Å²) in [4.78, 5) is 35.5. The number of ether oxygens (including phenoxy) is 3. The molecular formula is C31H38FN5O5. The van der Waals surface area contributed by atoms with E-state index in [9.17, 15) is 14.0 Å². The van der Waals surface area contributed by atoms with Crippen LogP contribution in [0.2, 0.25) is 0 Å². The van der Waals surface area contributed by atoms with Crippen LogP contribution in [0, 0.1) is 11.2 Å². The molecule has 2 amide bonds. The summed E-state index contributed by atoms with van der Waals surface area (Å²) in [5, 5.41) is 6.13. The largest absolute Gasteiger partial charge is 0.492 e. The van der Waals surface area contributed by atoms with E-state index >= 15 is 0 Å². The van der Waals surface area contributed by atoms with Gasteiger partial charge in [0.05, 0.1) is 42.0 Å². The van der Waals surface area contributed by atoms with Gasteiger partial charge < -0.3 is 34.7 Å². The highest BCUT2D eigenvalue weighted by molar-refractivity contribution is 6.06. The molecule has 42 heavy (non-hydrogen) atoms. The first-order valence-corrected chi connectivity index (χ1v) is 14.1. The standard InChI is InChI=1S/C31H38FN5O5/c1-30(2,3)42-29(39)37-17-31(4,5)14-18(37)16-41-23-15-33-12-10-19(23)25-26(24-21(35-25)11-13-34-28(24)38)36-22-9-7-8-20(32)27(22)40-6/h7-10,12,15,18,35-36H,11,13-14,16-17H2,1-6H3,(H,34,38)/t18-/m0/s1. The minimum atomic E-state index is -0.613. The van der Waals surface area contributed by atoms with Crippen LogP contribution in [-0.2, 0) is 11.2 Å². The van der Waals surface area contributed by atoms with Gasteiger partial charge in [-0.05, 0) is 50.8 Å². The number of nitrogens with one attached hydrogen (secondary N) is 3. The molecule has 0 radical (unpaired) electrons. The van der Waals surface area contributed by atoms with Crippen molar-refractivity contribution in [3.05, 3.63) is 53.7 Å². The molecule has 3 aromatic rings. The molecule has 11 heteroatoms. The Morgan fingerprint density at radius 3 is 2.79 bits per heavy atom. The maximum atomic E-state index is 14.5. The summed E-state index contributed by atoms with van der Waals surface area (Å²) in [5.41, 5.74) is 2.58. The van der Waals surface area contributed by atoms with Crippen LogP contribution >= 0.6 is 0 Å². The number of carbonyl (C=O) groups excluding carboxylic acids is 2. The Kier molecular flexibility index (Phi) is 7.78. The van der Waals surface area contributed by atoms with E-state index in [1.165, 1.54) is 13.2 Å². The molecule has 0 bridgehead atoms. The van der Waals surface area contributed by atoms with E-state index in [-0.39, 0.29) is 35.8 Å². The van der Waals surface area contributed by atoms with Crippen molar-refractivity contribution < 1.29 is 28.2 Å². The summed E-state index contributed by atoms with van der Waals surface area (Å²) in [6.07, 6.45) is 4.22. The molecule has 1 fully saturated rings. The summed E-state index contributed by atoms with van der Waals surface area (Å²) in [6, 6.07) is 6.15. The number of aromatic nitrogens is 2. The maximum absolute atomic E-state index is 14.5. The van der Waals surface area contributed by atoms with Crippen molar-refractivity contribution in [3.63, 3.8) is 0 Å². The van der Waals surface area contributed by atoms with Crippen LogP contribution in [-0.4, -0.2) is 65.3 Å². The Bertz CT molecular complexity index is 1500. The number of anilines is 2. The molecule has 4 heterocycles. The number of likely N-dealkylation sites (tertiary alicyclic amines) is 1. The van der Waals surface area contributed by atoms with Gasteiger partial charge in [0.15, 0.2) is 11.6 Å². The topological polar surface area (TPSA) is 118 Å². The van der Waals surface area contributed by atoms with Gasteiger partial charge in [-0.25, -0.2) is 9.18 Å². The van der Waals surface area contributed by atoms with E-state index < -0.39 is 11.4 Å². The fourth-order valence-corrected chi connectivity index (χ4v) is 5.63. The Morgan fingerprint density at radius 2 is 2.05 bits per heavy atom. The van der Waals surface area contributed by atoms with Crippen molar-refractivity contribution >= 4 is 23.4 Å². The molecule has 0 saturated carbocycles. The van der Waals surface area contributed by atoms with Crippen LogP contribution in [0.4, 0.5) is 20.6 Å². The van der Waals surface area contributed by atoms with Crippen molar-refractivity contribution in [2.24, 2.45) is 5.41 Å². The molecule has 10 nitrogen and oxygen atoms in total. The highest BCUT2D eigenvalue weighted by atomic mass is 19.1. The minimum absolute atomic E-state index is 0.0342. The van der Waals surface area contributed by atoms with Gasteiger partial charge in [0.2, 0.25) is 0 Å². The number of carbonyl (C=O) groups is 2. The second kappa shape index (κ2) is 11.2. The lowest BCUT2D eigenvalue weighted by atomic mass is 9.91. The molecule has 1 aromatic carbocycles. The van der Waals surface area contributed by atoms with Crippen molar-refractivity contribution in [2.75, 3.05) is 32.1 Å². The normalized spacial score (nSPS) is 17.8. The molecule has 0 spiro atoms. The lowest BCUT2D eigenvalue weighted by Gasteiger charge is -2.29. The quantitative estimate of drug-likeness (QED) is 0.330. The number of fused-ring (bicyclic) bond motifs is 1. The molecule has 5 rings (SSSR count). The highest BCUT2D eigenvalue weighted by Gasteiger charge is 2.42. The van der Waals surface area contributed by atoms with E-state index in [0.717, 1.165) is 12.1 Å². The van der Waals surface area contributed by atoms with Crippen molar-refractivity contribution in [1.82, 2.24) is 20.2 Å². The number of para-hydroxylation sites is 1. The average Bonchev–Trinajstić information content (AvgIpc) is 3.44. The summed E-state index contributed by atoms with van der Waals surface area (Å²) < 4.78 is 31.9. The Labute approximate surface area is 244 Å². The summed E-state index contributed by atoms with van der Waals surface area (Å²) in [6.45, 7) is 11.1. The third-order valence-corrected chi connectivity index (χ3v) is 7.34. The molecule has 0 aliphatic carbocycles. The molecule has 224 valence electrons. The molecule has 2 aliphatic heterocycles. The zero-order valence-electron chi connectivity index (χ0n) is 24.9. The first-order chi connectivity index (χ1) is 19.9. The first-order valence-electron chi connectivity index (χ1n) is 14.1. The van der Waals surface area contributed by atoms with E-state index in [2.05, 4.69) is 34.4 Å². The van der Waals surface area contributed by atoms with E-state index in [0.29, 0.717) is 53.5 Å². The van der Waals surface area contributed by atoms with Gasteiger partial charge in [0, 0.05) is 37.0 Å². The summed E-state index contributed by atoms with van der Waals surface area (Å²) in [7, 11) is 1.39. The van der Waals surface area contributed by atoms with Crippen LogP contribution < -0.4 is 20.1 Å². The van der Waals surface area contributed by atoms with Gasteiger partial charge in [-0.1, -0.05) is 19.9 Å². The number of pyridine rings is 1. The number of rotatable bonds is 7. The van der Waals surface area contributed by atoms with E-state index in [4.69, 9.17) is 14.2 Å². The number of methoxy groups -OCH3 is 1. The lowest BCUT2D eigenvalue weighted by molar-refractivity contribution is 0.0177. The van der Waals surface area contributed by atoms with Crippen LogP contribution in [0.3, 0.4) is 0 Å². The Hall–Kier alpha value is -4.28. The van der Waals surface area contributed by atoms with Gasteiger partial charge in [-0.3, -0.25) is 9.78 Å². The maximum Gasteiger partial charge on any atom is 0.410 e. The molecule has 0 unspecified atom stereocenters. The molecule has 3 N–H and O–H groups in total. The zero-order valence-corrected chi connectivity index (χ0v) is 24.9. The second-order valence-corrected chi connectivity index (χ2v) is 12.5. The van der Waals surface area contributed by atoms with Gasteiger partial charge in [0.25, 0.3) is 5.91 Å². The fraction of sp³-hybridized carbons (Fsp3) is 0.452. The van der Waals surface area contributed by atoms with Gasteiger partial charge in [0.1, 0.15) is 18.0 Å². The summed E-state index contributed by atoms with van der Waals surface area (Å²) >= 11 is 0. The smallest absolute Gasteiger partial charge is 0.410 e. The number of nitrogens with zero attached hydrogens (tertiary/aromatic N) is 2. The number of hydrogen-bond acceptors (Lipinski definition) is 7. The summed E-state index contributed by atoms with van der Waals surface area (Å²) in [5.74, 6) is -0.263. The Balaban J connectivity index is 1.49. The zero-order chi connectivity index (χ0) is 30.2. The first kappa shape index (κ1) is 29.2. The SMILES string of the molecule is COc1c(F)cccc1Nc1c(-c2ccncc2OC[C@@H]2CC(C)(C)CN2C(=O)OC(C)(C)C)[nH]c2c1C(=O)NCC2. The van der Waals surface area contributed by atoms with Gasteiger partial charge >= 0.3 is 6.09 Å². The third kappa shape index (κ3) is 6.00. The monoisotopic (exact) mass is 579 g/mol. The van der Waals surface area contributed by atoms with Crippen LogP contribution in [0.5, 0.6) is 11.5 Å². The number of H-pyrrole nitrogens is 1. The van der Waals surface area contributed by atoms with Crippen LogP contribution in [0.1, 0.15) is 57.1 Å². The van der Waals surface area contributed by atoms with Crippen molar-refractivity contribution in [3.8, 4) is 22.8 Å². The number of aromatic amines is 1. The fourth-order valence-electron chi connectivity index (χ4n) is 5.63. The van der Waals surface area contributed by atoms with Crippen LogP contribution in [0.25, 0.3) is 11.3 Å². The highest BCUT2D eigenvalue weighted by Crippen LogP contribution is 2.42. The van der Waals surface area contributed by atoms with Gasteiger partial charge in [-0.2, -0.15) is 0 Å². The third-order valence-electron chi connectivity index (χ3n) is 7.34. The number of amides is 2. The van der Waals surface area contributed by atoms with Crippen LogP contribution in [0.15, 0.2) is 36.7 Å². The minimum Gasteiger partial charge on any atom is -0.492 e. The predicted octanol–water partition coefficient (Wildman–Crippen LogP) is 5.67. The molecule has 2 aromatic heterocycles. The Morgan fingerprint density at radius 1 is 1.26 bits per heavy atom. The van der Waals surface area contributed by atoms with E-state index in [1.54, 1.807) is 35.5 Å². The lowest BCUT2D eigenvalue weighted by Crippen LogP contribution is -2.42. The predicted molar refractivity (Wildman–Crippen MR) is 157 cm³/mol. The molecule has 1 saturated heterocycles. The molecular weight excluding hydrogens is 541 g/mol. The number of benzene rings is 1. The molecule has 2 aliphatic rings.